The Morgan fingerprint density at radius 2 is 2.11 bits per heavy atom. The van der Waals surface area contributed by atoms with E-state index >= 15 is 0 Å². The monoisotopic (exact) mass is 361 g/mol. The standard InChI is InChI=1S/C19H15N5O3/c25-19(20-9-13-10-21-24-6-2-1-3-16(13)24)15-8-14(22-23-15)12-4-5-17-18(7-12)27-11-26-17/h1-8,10H,9,11H2,(H,20,25)(H,22,23). The molecule has 3 aromatic heterocycles. The van der Waals surface area contributed by atoms with E-state index in [4.69, 9.17) is 9.47 Å². The van der Waals surface area contributed by atoms with Gasteiger partial charge in [0, 0.05) is 23.9 Å². The molecular formula is C19H15N5O3. The molecule has 1 aromatic carbocycles. The van der Waals surface area contributed by atoms with Crippen LogP contribution in [0.5, 0.6) is 11.5 Å². The highest BCUT2D eigenvalue weighted by Gasteiger charge is 2.16. The van der Waals surface area contributed by atoms with Gasteiger partial charge in [-0.2, -0.15) is 10.2 Å². The van der Waals surface area contributed by atoms with Crippen LogP contribution < -0.4 is 14.8 Å². The first-order valence-electron chi connectivity index (χ1n) is 8.43. The molecule has 1 aliphatic heterocycles. The van der Waals surface area contributed by atoms with E-state index in [1.807, 2.05) is 42.6 Å². The SMILES string of the molecule is O=C(NCc1cnn2ccccc12)c1cc(-c2ccc3c(c2)OCO3)n[nH]1. The number of pyridine rings is 1. The summed E-state index contributed by atoms with van der Waals surface area (Å²) in [6.45, 7) is 0.598. The molecule has 0 atom stereocenters. The van der Waals surface area contributed by atoms with Crippen LogP contribution in [0.1, 0.15) is 16.1 Å². The molecule has 4 aromatic rings. The second-order valence-electron chi connectivity index (χ2n) is 6.12. The molecule has 27 heavy (non-hydrogen) atoms. The summed E-state index contributed by atoms with van der Waals surface area (Å²) in [5, 5.41) is 14.2. The van der Waals surface area contributed by atoms with Crippen LogP contribution in [0.2, 0.25) is 0 Å². The first-order chi connectivity index (χ1) is 13.3. The lowest BCUT2D eigenvalue weighted by Crippen LogP contribution is -2.23. The fraction of sp³-hybridized carbons (Fsp3) is 0.105. The summed E-state index contributed by atoms with van der Waals surface area (Å²) in [5.41, 5.74) is 3.80. The molecule has 0 bridgehead atoms. The van der Waals surface area contributed by atoms with Gasteiger partial charge in [-0.05, 0) is 36.4 Å². The number of aromatic amines is 1. The zero-order valence-electron chi connectivity index (χ0n) is 14.2. The lowest BCUT2D eigenvalue weighted by molar-refractivity contribution is 0.0946. The Morgan fingerprint density at radius 3 is 3.07 bits per heavy atom. The summed E-state index contributed by atoms with van der Waals surface area (Å²) in [7, 11) is 0. The van der Waals surface area contributed by atoms with Crippen LogP contribution in [0.15, 0.2) is 54.9 Å². The number of rotatable bonds is 4. The molecule has 8 nitrogen and oxygen atoms in total. The Hall–Kier alpha value is -3.81. The highest BCUT2D eigenvalue weighted by atomic mass is 16.7. The second kappa shape index (κ2) is 6.17. The van der Waals surface area contributed by atoms with Gasteiger partial charge in [-0.25, -0.2) is 4.52 Å². The number of ether oxygens (including phenoxy) is 2. The Kier molecular flexibility index (Phi) is 3.53. The van der Waals surface area contributed by atoms with Crippen molar-refractivity contribution in [3.8, 4) is 22.8 Å². The van der Waals surface area contributed by atoms with Crippen LogP contribution in [0.4, 0.5) is 0 Å². The number of hydrogen-bond donors (Lipinski definition) is 2. The molecule has 1 aliphatic rings. The van der Waals surface area contributed by atoms with Crippen LogP contribution in [-0.4, -0.2) is 32.5 Å². The molecule has 2 N–H and O–H groups in total. The first kappa shape index (κ1) is 15.4. The molecule has 0 unspecified atom stereocenters. The van der Waals surface area contributed by atoms with Crippen molar-refractivity contribution in [3.63, 3.8) is 0 Å². The van der Waals surface area contributed by atoms with Gasteiger partial charge in [0.2, 0.25) is 6.79 Å². The average molecular weight is 361 g/mol. The van der Waals surface area contributed by atoms with Gasteiger partial charge < -0.3 is 14.8 Å². The third-order valence-corrected chi connectivity index (χ3v) is 4.44. The van der Waals surface area contributed by atoms with Crippen LogP contribution in [-0.2, 0) is 6.54 Å². The van der Waals surface area contributed by atoms with Gasteiger partial charge in [0.15, 0.2) is 11.5 Å². The Balaban J connectivity index is 1.31. The highest BCUT2D eigenvalue weighted by Crippen LogP contribution is 2.35. The van der Waals surface area contributed by atoms with Crippen molar-refractivity contribution in [2.24, 2.45) is 0 Å². The smallest absolute Gasteiger partial charge is 0.269 e. The number of nitrogens with zero attached hydrogens (tertiary/aromatic N) is 3. The molecule has 8 heteroatoms. The van der Waals surface area contributed by atoms with E-state index in [2.05, 4.69) is 20.6 Å². The van der Waals surface area contributed by atoms with Gasteiger partial charge in [-0.3, -0.25) is 9.89 Å². The van der Waals surface area contributed by atoms with Gasteiger partial charge in [0.1, 0.15) is 5.69 Å². The second-order valence-corrected chi connectivity index (χ2v) is 6.12. The minimum Gasteiger partial charge on any atom is -0.454 e. The molecule has 0 saturated carbocycles. The Morgan fingerprint density at radius 1 is 1.19 bits per heavy atom. The molecule has 0 saturated heterocycles. The summed E-state index contributed by atoms with van der Waals surface area (Å²) in [5.74, 6) is 1.15. The summed E-state index contributed by atoms with van der Waals surface area (Å²) in [6, 6.07) is 13.1. The number of carbonyl (C=O) groups is 1. The van der Waals surface area contributed by atoms with Crippen molar-refractivity contribution in [1.82, 2.24) is 25.1 Å². The highest BCUT2D eigenvalue weighted by molar-refractivity contribution is 5.93. The van der Waals surface area contributed by atoms with Crippen LogP contribution >= 0.6 is 0 Å². The number of hydrogen-bond acceptors (Lipinski definition) is 5. The lowest BCUT2D eigenvalue weighted by atomic mass is 10.1. The average Bonchev–Trinajstić information content (AvgIpc) is 3.44. The number of amides is 1. The van der Waals surface area contributed by atoms with Gasteiger partial charge in [-0.15, -0.1) is 0 Å². The van der Waals surface area contributed by atoms with Crippen LogP contribution in [0.3, 0.4) is 0 Å². The summed E-state index contributed by atoms with van der Waals surface area (Å²) in [4.78, 5) is 12.5. The fourth-order valence-electron chi connectivity index (χ4n) is 3.04. The molecule has 1 amide bonds. The topological polar surface area (TPSA) is 93.5 Å². The van der Waals surface area contributed by atoms with E-state index in [1.54, 1.807) is 16.8 Å². The van der Waals surface area contributed by atoms with Gasteiger partial charge in [-0.1, -0.05) is 6.07 Å². The van der Waals surface area contributed by atoms with Crippen molar-refractivity contribution in [3.05, 3.63) is 66.1 Å². The normalized spacial score (nSPS) is 12.4. The molecule has 0 spiro atoms. The maximum Gasteiger partial charge on any atom is 0.269 e. The van der Waals surface area contributed by atoms with Gasteiger partial charge in [0.25, 0.3) is 5.91 Å². The number of aromatic nitrogens is 4. The molecule has 4 heterocycles. The van der Waals surface area contributed by atoms with Crippen molar-refractivity contribution >= 4 is 11.4 Å². The lowest BCUT2D eigenvalue weighted by Gasteiger charge is -2.02. The third-order valence-electron chi connectivity index (χ3n) is 4.44. The molecule has 134 valence electrons. The zero-order valence-corrected chi connectivity index (χ0v) is 14.2. The predicted octanol–water partition coefficient (Wildman–Crippen LogP) is 2.38. The molecule has 0 fully saturated rings. The zero-order chi connectivity index (χ0) is 18.2. The third kappa shape index (κ3) is 2.77. The summed E-state index contributed by atoms with van der Waals surface area (Å²) >= 11 is 0. The van der Waals surface area contributed by atoms with Crippen molar-refractivity contribution in [2.75, 3.05) is 6.79 Å². The minimum atomic E-state index is -0.232. The van der Waals surface area contributed by atoms with Crippen molar-refractivity contribution in [1.29, 1.82) is 0 Å². The first-order valence-corrected chi connectivity index (χ1v) is 8.43. The van der Waals surface area contributed by atoms with E-state index < -0.39 is 0 Å². The number of fused-ring (bicyclic) bond motifs is 2. The van der Waals surface area contributed by atoms with E-state index in [0.29, 0.717) is 29.4 Å². The van der Waals surface area contributed by atoms with Crippen molar-refractivity contribution < 1.29 is 14.3 Å². The van der Waals surface area contributed by atoms with E-state index in [-0.39, 0.29) is 12.7 Å². The summed E-state index contributed by atoms with van der Waals surface area (Å²) < 4.78 is 12.5. The quantitative estimate of drug-likeness (QED) is 0.582. The molecule has 0 radical (unpaired) electrons. The number of benzene rings is 1. The largest absolute Gasteiger partial charge is 0.454 e. The predicted molar refractivity (Wildman–Crippen MR) is 96.5 cm³/mol. The molecular weight excluding hydrogens is 346 g/mol. The van der Waals surface area contributed by atoms with Crippen LogP contribution in [0, 0.1) is 0 Å². The van der Waals surface area contributed by atoms with E-state index in [0.717, 1.165) is 16.6 Å². The number of carbonyl (C=O) groups excluding carboxylic acids is 1. The maximum atomic E-state index is 12.5. The van der Waals surface area contributed by atoms with Gasteiger partial charge in [0.05, 0.1) is 17.4 Å². The van der Waals surface area contributed by atoms with Gasteiger partial charge >= 0.3 is 0 Å². The van der Waals surface area contributed by atoms with Crippen LogP contribution in [0.25, 0.3) is 16.8 Å². The fourth-order valence-corrected chi connectivity index (χ4v) is 3.04. The number of nitrogens with one attached hydrogen (secondary N) is 2. The molecule has 5 rings (SSSR count). The Bertz CT molecular complexity index is 1150. The molecule has 0 aliphatic carbocycles. The van der Waals surface area contributed by atoms with E-state index in [9.17, 15) is 4.79 Å². The van der Waals surface area contributed by atoms with Crippen molar-refractivity contribution in [2.45, 2.75) is 6.54 Å². The minimum absolute atomic E-state index is 0.219. The van der Waals surface area contributed by atoms with E-state index in [1.165, 1.54) is 0 Å². The summed E-state index contributed by atoms with van der Waals surface area (Å²) in [6.07, 6.45) is 3.62. The Labute approximate surface area is 153 Å². The number of H-pyrrole nitrogens is 1. The maximum absolute atomic E-state index is 12.5.